The third-order valence-corrected chi connectivity index (χ3v) is 5.78. The van der Waals surface area contributed by atoms with Crippen LogP contribution in [0.1, 0.15) is 51.0 Å². The zero-order valence-electron chi connectivity index (χ0n) is 17.1. The van der Waals surface area contributed by atoms with E-state index in [1.165, 1.54) is 44.3 Å². The van der Waals surface area contributed by atoms with Gasteiger partial charge < -0.3 is 10.5 Å². The van der Waals surface area contributed by atoms with E-state index < -0.39 is 6.29 Å². The zero-order chi connectivity index (χ0) is 19.8. The lowest BCUT2D eigenvalue weighted by Crippen LogP contribution is -2.45. The molecule has 0 saturated carbocycles. The average molecular weight is 386 g/mol. The highest BCUT2D eigenvalue weighted by Crippen LogP contribution is 2.32. The van der Waals surface area contributed by atoms with Crippen molar-refractivity contribution in [1.29, 1.82) is 0 Å². The summed E-state index contributed by atoms with van der Waals surface area (Å²) in [6.07, 6.45) is 9.14. The first-order valence-corrected chi connectivity index (χ1v) is 10.7. The summed E-state index contributed by atoms with van der Waals surface area (Å²) in [5.41, 5.74) is 13.0. The number of likely N-dealkylation sites (tertiary alicyclic amines) is 1. The number of aliphatic imine (C=N–C) groups is 2. The molecule has 0 aliphatic carbocycles. The van der Waals surface area contributed by atoms with Gasteiger partial charge >= 0.3 is 0 Å². The van der Waals surface area contributed by atoms with E-state index in [1.54, 1.807) is 0 Å². The van der Waals surface area contributed by atoms with Gasteiger partial charge in [0.25, 0.3) is 0 Å². The third-order valence-electron chi connectivity index (χ3n) is 5.78. The van der Waals surface area contributed by atoms with Crippen LogP contribution in [-0.2, 0) is 6.42 Å². The molecule has 2 heterocycles. The van der Waals surface area contributed by atoms with Crippen molar-refractivity contribution in [1.82, 2.24) is 4.90 Å². The number of benzene rings is 1. The van der Waals surface area contributed by atoms with E-state index in [0.29, 0.717) is 5.84 Å². The van der Waals surface area contributed by atoms with E-state index >= 15 is 0 Å². The summed E-state index contributed by atoms with van der Waals surface area (Å²) in [6, 6.07) is 8.34. The first kappa shape index (κ1) is 20.8. The van der Waals surface area contributed by atoms with Crippen LogP contribution < -0.4 is 16.2 Å². The summed E-state index contributed by atoms with van der Waals surface area (Å²) >= 11 is 0. The lowest BCUT2D eigenvalue weighted by atomic mass is 9.76. The number of amidine groups is 1. The lowest BCUT2D eigenvalue weighted by Gasteiger charge is -2.33. The van der Waals surface area contributed by atoms with Crippen molar-refractivity contribution in [2.24, 2.45) is 26.9 Å². The SMILES string of the molecule is CCCCCC1(Cc2cccc(OCCN3CCCC3)c2)C=NC(N)N=C1N. The molecule has 0 radical (unpaired) electrons. The Labute approximate surface area is 169 Å². The van der Waals surface area contributed by atoms with Crippen LogP contribution in [0, 0.1) is 5.41 Å². The fourth-order valence-corrected chi connectivity index (χ4v) is 4.11. The molecule has 0 aromatic heterocycles. The van der Waals surface area contributed by atoms with E-state index in [2.05, 4.69) is 40.0 Å². The Balaban J connectivity index is 1.65. The minimum atomic E-state index is -0.570. The first-order chi connectivity index (χ1) is 13.6. The molecule has 2 aliphatic heterocycles. The minimum Gasteiger partial charge on any atom is -0.492 e. The quantitative estimate of drug-likeness (QED) is 0.606. The normalized spacial score (nSPS) is 25.1. The standard InChI is InChI=1S/C22H35N5O/c1-2-3-4-10-22(17-25-21(24)26-20(22)23)16-18-8-7-9-19(15-18)28-14-13-27-11-5-6-12-27/h7-9,15,17,21H,2-6,10-14,16,24H2,1H3,(H2,23,26). The monoisotopic (exact) mass is 385 g/mol. The van der Waals surface area contributed by atoms with E-state index in [9.17, 15) is 0 Å². The van der Waals surface area contributed by atoms with Crippen molar-refractivity contribution >= 4 is 12.1 Å². The van der Waals surface area contributed by atoms with Gasteiger partial charge in [-0.15, -0.1) is 0 Å². The van der Waals surface area contributed by atoms with Crippen LogP contribution in [0.15, 0.2) is 34.3 Å². The highest BCUT2D eigenvalue weighted by Gasteiger charge is 2.35. The molecule has 2 aliphatic rings. The molecule has 6 heteroatoms. The smallest absolute Gasteiger partial charge is 0.192 e. The molecule has 4 N–H and O–H groups in total. The van der Waals surface area contributed by atoms with Gasteiger partial charge in [0.1, 0.15) is 18.2 Å². The molecular weight excluding hydrogens is 350 g/mol. The summed E-state index contributed by atoms with van der Waals surface area (Å²) in [7, 11) is 0. The fraction of sp³-hybridized carbons (Fsp3) is 0.636. The van der Waals surface area contributed by atoms with Crippen LogP contribution >= 0.6 is 0 Å². The van der Waals surface area contributed by atoms with Crippen molar-refractivity contribution in [2.45, 2.75) is 58.2 Å². The van der Waals surface area contributed by atoms with Crippen molar-refractivity contribution in [3.05, 3.63) is 29.8 Å². The van der Waals surface area contributed by atoms with Gasteiger partial charge in [-0.05, 0) is 56.5 Å². The largest absolute Gasteiger partial charge is 0.492 e. The van der Waals surface area contributed by atoms with Gasteiger partial charge in [0, 0.05) is 12.8 Å². The molecule has 2 atom stereocenters. The molecule has 2 unspecified atom stereocenters. The lowest BCUT2D eigenvalue weighted by molar-refractivity contribution is 0.237. The van der Waals surface area contributed by atoms with Crippen LogP contribution in [0.4, 0.5) is 0 Å². The molecule has 3 rings (SSSR count). The van der Waals surface area contributed by atoms with Gasteiger partial charge in [0.05, 0.1) is 5.41 Å². The number of hydrogen-bond donors (Lipinski definition) is 2. The predicted octanol–water partition coefficient (Wildman–Crippen LogP) is 2.95. The maximum Gasteiger partial charge on any atom is 0.192 e. The van der Waals surface area contributed by atoms with Gasteiger partial charge in [0.15, 0.2) is 6.29 Å². The topological polar surface area (TPSA) is 89.2 Å². The van der Waals surface area contributed by atoms with Crippen LogP contribution in [0.3, 0.4) is 0 Å². The average Bonchev–Trinajstić information content (AvgIpc) is 3.19. The van der Waals surface area contributed by atoms with Crippen molar-refractivity contribution < 1.29 is 4.74 Å². The minimum absolute atomic E-state index is 0.348. The molecule has 1 saturated heterocycles. The van der Waals surface area contributed by atoms with Crippen molar-refractivity contribution in [3.8, 4) is 5.75 Å². The second kappa shape index (κ2) is 10.0. The maximum absolute atomic E-state index is 6.36. The van der Waals surface area contributed by atoms with Gasteiger partial charge in [-0.25, -0.2) is 4.99 Å². The zero-order valence-corrected chi connectivity index (χ0v) is 17.1. The summed E-state index contributed by atoms with van der Waals surface area (Å²) in [6.45, 7) is 6.33. The van der Waals surface area contributed by atoms with E-state index in [-0.39, 0.29) is 5.41 Å². The molecular formula is C22H35N5O. The predicted molar refractivity (Wildman–Crippen MR) is 116 cm³/mol. The van der Waals surface area contributed by atoms with E-state index in [0.717, 1.165) is 38.2 Å². The number of rotatable bonds is 10. The fourth-order valence-electron chi connectivity index (χ4n) is 4.11. The molecule has 0 bridgehead atoms. The molecule has 0 amide bonds. The molecule has 1 aromatic carbocycles. The van der Waals surface area contributed by atoms with Gasteiger partial charge in [-0.1, -0.05) is 38.3 Å². The van der Waals surface area contributed by atoms with E-state index in [1.807, 2.05) is 12.3 Å². The maximum atomic E-state index is 6.36. The van der Waals surface area contributed by atoms with Crippen LogP contribution in [0.25, 0.3) is 0 Å². The highest BCUT2D eigenvalue weighted by molar-refractivity contribution is 6.02. The Hall–Kier alpha value is -1.92. The molecule has 6 nitrogen and oxygen atoms in total. The van der Waals surface area contributed by atoms with Crippen molar-refractivity contribution in [2.75, 3.05) is 26.2 Å². The second-order valence-corrected chi connectivity index (χ2v) is 8.04. The summed E-state index contributed by atoms with van der Waals surface area (Å²) in [4.78, 5) is 11.2. The van der Waals surface area contributed by atoms with Crippen LogP contribution in [0.5, 0.6) is 5.75 Å². The number of nitrogens with two attached hydrogens (primary N) is 2. The first-order valence-electron chi connectivity index (χ1n) is 10.7. The summed E-state index contributed by atoms with van der Waals surface area (Å²) in [5.74, 6) is 1.52. The molecule has 1 aromatic rings. The van der Waals surface area contributed by atoms with E-state index in [4.69, 9.17) is 16.2 Å². The number of hydrogen-bond acceptors (Lipinski definition) is 6. The number of unbranched alkanes of at least 4 members (excludes halogenated alkanes) is 2. The van der Waals surface area contributed by atoms with Crippen molar-refractivity contribution in [3.63, 3.8) is 0 Å². The highest BCUT2D eigenvalue weighted by atomic mass is 16.5. The summed E-state index contributed by atoms with van der Waals surface area (Å²) in [5, 5.41) is 0. The van der Waals surface area contributed by atoms with Gasteiger partial charge in [-0.3, -0.25) is 15.6 Å². The Morgan fingerprint density at radius 2 is 2.07 bits per heavy atom. The Morgan fingerprint density at radius 3 is 2.82 bits per heavy atom. The molecule has 1 fully saturated rings. The molecule has 0 spiro atoms. The number of nitrogens with zero attached hydrogens (tertiary/aromatic N) is 3. The van der Waals surface area contributed by atoms with Crippen LogP contribution in [-0.4, -0.2) is 49.5 Å². The second-order valence-electron chi connectivity index (χ2n) is 8.04. The Bertz CT molecular complexity index is 683. The molecule has 28 heavy (non-hydrogen) atoms. The van der Waals surface area contributed by atoms with Gasteiger partial charge in [0.2, 0.25) is 0 Å². The molecule has 154 valence electrons. The number of ether oxygens (including phenoxy) is 1. The Kier molecular flexibility index (Phi) is 7.45. The third kappa shape index (κ3) is 5.55. The van der Waals surface area contributed by atoms with Gasteiger partial charge in [-0.2, -0.15) is 0 Å². The Morgan fingerprint density at radius 1 is 1.25 bits per heavy atom. The van der Waals surface area contributed by atoms with Crippen LogP contribution in [0.2, 0.25) is 0 Å². The summed E-state index contributed by atoms with van der Waals surface area (Å²) < 4.78 is 6.02.